The molecule has 0 saturated carbocycles. The fourth-order valence-electron chi connectivity index (χ4n) is 1.79. The first kappa shape index (κ1) is 12.1. The van der Waals surface area contributed by atoms with Gasteiger partial charge in [-0.15, -0.1) is 11.3 Å². The topological polar surface area (TPSA) is 46.2 Å². The van der Waals surface area contributed by atoms with E-state index in [1.165, 1.54) is 4.88 Å². The molecule has 5 heteroatoms. The highest BCUT2D eigenvalue weighted by Gasteiger charge is 2.24. The van der Waals surface area contributed by atoms with Gasteiger partial charge in [-0.1, -0.05) is 6.92 Å². The standard InChI is InChI=1S/C11H17NO2S2/c1-2-10-3-4-11(15-10)8-16(13,14)7-9-5-12-6-9/h3-4,9,12H,2,5-8H2,1H3. The van der Waals surface area contributed by atoms with Crippen LogP contribution in [0.5, 0.6) is 0 Å². The number of rotatable bonds is 5. The van der Waals surface area contributed by atoms with E-state index < -0.39 is 9.84 Å². The molecule has 1 aliphatic heterocycles. The number of hydrogen-bond donors (Lipinski definition) is 1. The van der Waals surface area contributed by atoms with E-state index in [0.29, 0.717) is 11.7 Å². The third kappa shape index (κ3) is 3.06. The molecule has 1 aliphatic rings. The lowest BCUT2D eigenvalue weighted by molar-refractivity contribution is 0.378. The summed E-state index contributed by atoms with van der Waals surface area (Å²) < 4.78 is 23.8. The van der Waals surface area contributed by atoms with E-state index in [0.717, 1.165) is 24.4 Å². The Morgan fingerprint density at radius 3 is 2.56 bits per heavy atom. The van der Waals surface area contributed by atoms with Gasteiger partial charge in [-0.05, 0) is 24.5 Å². The maximum absolute atomic E-state index is 11.9. The maximum atomic E-state index is 11.9. The van der Waals surface area contributed by atoms with Crippen LogP contribution in [0.1, 0.15) is 16.7 Å². The maximum Gasteiger partial charge on any atom is 0.155 e. The molecule has 0 unspecified atom stereocenters. The molecule has 0 atom stereocenters. The van der Waals surface area contributed by atoms with Crippen molar-refractivity contribution >= 4 is 21.2 Å². The Morgan fingerprint density at radius 1 is 1.38 bits per heavy atom. The molecule has 2 rings (SSSR count). The Bertz CT molecular complexity index is 446. The van der Waals surface area contributed by atoms with E-state index in [-0.39, 0.29) is 5.75 Å². The highest BCUT2D eigenvalue weighted by Crippen LogP contribution is 2.20. The van der Waals surface area contributed by atoms with E-state index in [2.05, 4.69) is 12.2 Å². The summed E-state index contributed by atoms with van der Waals surface area (Å²) in [5.41, 5.74) is 0. The van der Waals surface area contributed by atoms with Gasteiger partial charge in [0, 0.05) is 22.8 Å². The second-order valence-electron chi connectivity index (χ2n) is 4.30. The number of aryl methyl sites for hydroxylation is 1. The molecule has 0 spiro atoms. The summed E-state index contributed by atoms with van der Waals surface area (Å²) in [5.74, 6) is 0.878. The zero-order valence-electron chi connectivity index (χ0n) is 9.40. The number of sulfone groups is 1. The van der Waals surface area contributed by atoms with E-state index >= 15 is 0 Å². The average molecular weight is 259 g/mol. The van der Waals surface area contributed by atoms with Crippen LogP contribution in [0.4, 0.5) is 0 Å². The van der Waals surface area contributed by atoms with Crippen LogP contribution in [0.25, 0.3) is 0 Å². The van der Waals surface area contributed by atoms with Crippen LogP contribution < -0.4 is 5.32 Å². The monoisotopic (exact) mass is 259 g/mol. The van der Waals surface area contributed by atoms with Gasteiger partial charge in [-0.25, -0.2) is 8.42 Å². The molecule has 16 heavy (non-hydrogen) atoms. The molecule has 0 radical (unpaired) electrons. The van der Waals surface area contributed by atoms with Crippen LogP contribution in [0, 0.1) is 5.92 Å². The normalized spacial score (nSPS) is 17.3. The van der Waals surface area contributed by atoms with E-state index in [9.17, 15) is 8.42 Å². The summed E-state index contributed by atoms with van der Waals surface area (Å²) in [7, 11) is -2.92. The minimum Gasteiger partial charge on any atom is -0.316 e. The minimum absolute atomic E-state index is 0.216. The van der Waals surface area contributed by atoms with Crippen LogP contribution >= 0.6 is 11.3 Å². The van der Waals surface area contributed by atoms with Crippen molar-refractivity contribution in [2.45, 2.75) is 19.1 Å². The van der Waals surface area contributed by atoms with Gasteiger partial charge in [0.15, 0.2) is 9.84 Å². The van der Waals surface area contributed by atoms with E-state index in [1.807, 2.05) is 12.1 Å². The van der Waals surface area contributed by atoms with Crippen molar-refractivity contribution in [3.63, 3.8) is 0 Å². The molecule has 0 bridgehead atoms. The molecule has 0 aromatic carbocycles. The Balaban J connectivity index is 1.96. The first-order valence-electron chi connectivity index (χ1n) is 5.58. The van der Waals surface area contributed by atoms with Crippen LogP contribution in [0.3, 0.4) is 0 Å². The molecule has 1 saturated heterocycles. The molecule has 0 amide bonds. The number of nitrogens with one attached hydrogen (secondary N) is 1. The van der Waals surface area contributed by atoms with Crippen LogP contribution in [-0.4, -0.2) is 27.3 Å². The molecule has 1 aromatic rings. The van der Waals surface area contributed by atoms with Crippen molar-refractivity contribution in [2.24, 2.45) is 5.92 Å². The molecule has 1 N–H and O–H groups in total. The van der Waals surface area contributed by atoms with Gasteiger partial charge in [0.1, 0.15) is 0 Å². The number of hydrogen-bond acceptors (Lipinski definition) is 4. The summed E-state index contributed by atoms with van der Waals surface area (Å²) >= 11 is 1.62. The van der Waals surface area contributed by atoms with Crippen molar-refractivity contribution in [2.75, 3.05) is 18.8 Å². The van der Waals surface area contributed by atoms with Crippen molar-refractivity contribution < 1.29 is 8.42 Å². The van der Waals surface area contributed by atoms with Crippen molar-refractivity contribution in [3.05, 3.63) is 21.9 Å². The summed E-state index contributed by atoms with van der Waals surface area (Å²) in [5, 5.41) is 3.10. The van der Waals surface area contributed by atoms with E-state index in [1.54, 1.807) is 11.3 Å². The quantitative estimate of drug-likeness (QED) is 0.870. The first-order valence-corrected chi connectivity index (χ1v) is 8.21. The Morgan fingerprint density at radius 2 is 2.06 bits per heavy atom. The van der Waals surface area contributed by atoms with Gasteiger partial charge in [0.05, 0.1) is 11.5 Å². The lowest BCUT2D eigenvalue weighted by Crippen LogP contribution is -2.45. The average Bonchev–Trinajstić information content (AvgIpc) is 2.59. The third-order valence-corrected chi connectivity index (χ3v) is 5.93. The molecule has 2 heterocycles. The zero-order chi connectivity index (χ0) is 11.6. The SMILES string of the molecule is CCc1ccc(CS(=O)(=O)CC2CNC2)s1. The Labute approximate surface area is 101 Å². The van der Waals surface area contributed by atoms with Crippen molar-refractivity contribution in [1.29, 1.82) is 0 Å². The minimum atomic E-state index is -2.92. The Kier molecular flexibility index (Phi) is 3.66. The zero-order valence-corrected chi connectivity index (χ0v) is 11.0. The van der Waals surface area contributed by atoms with Crippen LogP contribution in [0.15, 0.2) is 12.1 Å². The smallest absolute Gasteiger partial charge is 0.155 e. The van der Waals surface area contributed by atoms with Gasteiger partial charge in [0.25, 0.3) is 0 Å². The van der Waals surface area contributed by atoms with Gasteiger partial charge in [-0.3, -0.25) is 0 Å². The van der Waals surface area contributed by atoms with E-state index in [4.69, 9.17) is 0 Å². The fourth-order valence-corrected chi connectivity index (χ4v) is 4.92. The lowest BCUT2D eigenvalue weighted by atomic mass is 10.1. The van der Waals surface area contributed by atoms with Gasteiger partial charge >= 0.3 is 0 Å². The largest absolute Gasteiger partial charge is 0.316 e. The highest BCUT2D eigenvalue weighted by atomic mass is 32.2. The number of thiophene rings is 1. The lowest BCUT2D eigenvalue weighted by Gasteiger charge is -2.26. The van der Waals surface area contributed by atoms with Gasteiger partial charge < -0.3 is 5.32 Å². The second-order valence-corrected chi connectivity index (χ2v) is 7.66. The first-order chi connectivity index (χ1) is 7.59. The van der Waals surface area contributed by atoms with Gasteiger partial charge in [-0.2, -0.15) is 0 Å². The Hall–Kier alpha value is -0.390. The summed E-state index contributed by atoms with van der Waals surface area (Å²) in [4.78, 5) is 2.24. The molecule has 3 nitrogen and oxygen atoms in total. The van der Waals surface area contributed by atoms with Crippen molar-refractivity contribution in [1.82, 2.24) is 5.32 Å². The summed E-state index contributed by atoms with van der Waals surface area (Å²) in [6, 6.07) is 3.97. The predicted molar refractivity (Wildman–Crippen MR) is 67.5 cm³/mol. The summed E-state index contributed by atoms with van der Waals surface area (Å²) in [6.45, 7) is 3.79. The predicted octanol–water partition coefficient (Wildman–Crippen LogP) is 1.44. The highest BCUT2D eigenvalue weighted by molar-refractivity contribution is 7.90. The molecule has 1 fully saturated rings. The molecular formula is C11H17NO2S2. The summed E-state index contributed by atoms with van der Waals surface area (Å²) in [6.07, 6.45) is 0.983. The molecular weight excluding hydrogens is 242 g/mol. The van der Waals surface area contributed by atoms with Crippen molar-refractivity contribution in [3.8, 4) is 0 Å². The molecule has 90 valence electrons. The second kappa shape index (κ2) is 4.85. The van der Waals surface area contributed by atoms with Gasteiger partial charge in [0.2, 0.25) is 0 Å². The molecule has 1 aromatic heterocycles. The van der Waals surface area contributed by atoms with Crippen LogP contribution in [0.2, 0.25) is 0 Å². The van der Waals surface area contributed by atoms with Crippen LogP contribution in [-0.2, 0) is 22.0 Å². The molecule has 0 aliphatic carbocycles. The third-order valence-electron chi connectivity index (χ3n) is 2.78. The fraction of sp³-hybridized carbons (Fsp3) is 0.636.